The number of nitrogens with two attached hydrogens (primary N) is 1. The molecule has 7 N–H and O–H groups in total. The van der Waals surface area contributed by atoms with Gasteiger partial charge in [0.25, 0.3) is 5.91 Å². The van der Waals surface area contributed by atoms with Gasteiger partial charge in [-0.3, -0.25) is 29.3 Å². The van der Waals surface area contributed by atoms with E-state index in [0.717, 1.165) is 5.56 Å². The summed E-state index contributed by atoms with van der Waals surface area (Å²) in [5, 5.41) is 13.5. The van der Waals surface area contributed by atoms with Gasteiger partial charge in [-0.1, -0.05) is 6.07 Å². The first-order valence-corrected chi connectivity index (χ1v) is 12.0. The van der Waals surface area contributed by atoms with Gasteiger partial charge in [0.05, 0.1) is 13.2 Å². The van der Waals surface area contributed by atoms with Crippen LogP contribution in [0.1, 0.15) is 35.7 Å². The molecule has 1 heterocycles. The Morgan fingerprint density at radius 2 is 1.95 bits per heavy atom. The summed E-state index contributed by atoms with van der Waals surface area (Å²) in [4.78, 5) is 59.0. The van der Waals surface area contributed by atoms with Crippen molar-refractivity contribution in [2.75, 3.05) is 44.7 Å². The number of anilines is 1. The highest BCUT2D eigenvalue weighted by atomic mass is 16.5. The fourth-order valence-electron chi connectivity index (χ4n) is 3.66. The molecule has 5 amide bonds. The number of benzene rings is 1. The standard InChI is InChI=1S/C24H35N7O6/c1-17(5-6-22(34)29-16-33)31-13-20-19(24(31)36)3-2-4-21(20)30-23(35)14-37-10-9-26-7-8-27-11-18(25)12-28-15-32/h2-4,11,15-17,26-27H,5-10,12-14,25H2,1H3,(H,28,32)(H,30,35)(H,29,33,34)/b18-11-. The van der Waals surface area contributed by atoms with Crippen molar-refractivity contribution in [3.05, 3.63) is 41.2 Å². The minimum atomic E-state index is -0.395. The van der Waals surface area contributed by atoms with Gasteiger partial charge in [-0.15, -0.1) is 0 Å². The zero-order valence-electron chi connectivity index (χ0n) is 20.9. The van der Waals surface area contributed by atoms with Crippen LogP contribution < -0.4 is 32.3 Å². The van der Waals surface area contributed by atoms with E-state index >= 15 is 0 Å². The van der Waals surface area contributed by atoms with E-state index < -0.39 is 5.91 Å². The van der Waals surface area contributed by atoms with Crippen molar-refractivity contribution in [3.63, 3.8) is 0 Å². The molecule has 0 aromatic heterocycles. The number of hydrogen-bond acceptors (Lipinski definition) is 9. The molecule has 1 aromatic rings. The number of carbonyl (C=O) groups is 5. The average molecular weight is 518 g/mol. The van der Waals surface area contributed by atoms with E-state index in [9.17, 15) is 24.0 Å². The van der Waals surface area contributed by atoms with Crippen LogP contribution in [0.15, 0.2) is 30.1 Å². The van der Waals surface area contributed by atoms with Crippen molar-refractivity contribution < 1.29 is 28.7 Å². The summed E-state index contributed by atoms with van der Waals surface area (Å²) >= 11 is 0. The molecule has 1 unspecified atom stereocenters. The lowest BCUT2D eigenvalue weighted by atomic mass is 10.1. The third kappa shape index (κ3) is 9.89. The molecule has 0 bridgehead atoms. The molecule has 0 aliphatic carbocycles. The van der Waals surface area contributed by atoms with E-state index in [4.69, 9.17) is 10.5 Å². The molecule has 1 atom stereocenters. The van der Waals surface area contributed by atoms with Crippen LogP contribution in [0.3, 0.4) is 0 Å². The van der Waals surface area contributed by atoms with E-state index in [2.05, 4.69) is 26.6 Å². The van der Waals surface area contributed by atoms with Crippen LogP contribution in [0.5, 0.6) is 0 Å². The van der Waals surface area contributed by atoms with E-state index in [0.29, 0.717) is 69.0 Å². The SMILES string of the molecule is CC(CCC(=O)NC=O)N1Cc2c(NC(=O)COCCNCCN/C=C(\N)CNC=O)cccc2C1=O. The first-order valence-electron chi connectivity index (χ1n) is 12.0. The third-order valence-electron chi connectivity index (χ3n) is 5.59. The number of rotatable bonds is 18. The van der Waals surface area contributed by atoms with Crippen molar-refractivity contribution in [1.29, 1.82) is 0 Å². The number of amides is 5. The second-order valence-electron chi connectivity index (χ2n) is 8.36. The number of ether oxygens (including phenoxy) is 1. The van der Waals surface area contributed by atoms with Crippen LogP contribution in [0.4, 0.5) is 5.69 Å². The fourth-order valence-corrected chi connectivity index (χ4v) is 3.66. The Morgan fingerprint density at radius 1 is 1.14 bits per heavy atom. The second-order valence-corrected chi connectivity index (χ2v) is 8.36. The molecular weight excluding hydrogens is 482 g/mol. The van der Waals surface area contributed by atoms with Crippen molar-refractivity contribution in [1.82, 2.24) is 26.2 Å². The molecule has 2 rings (SSSR count). The average Bonchev–Trinajstić information content (AvgIpc) is 3.22. The van der Waals surface area contributed by atoms with Crippen molar-refractivity contribution in [3.8, 4) is 0 Å². The fraction of sp³-hybridized carbons (Fsp3) is 0.458. The molecular formula is C24H35N7O6. The highest BCUT2D eigenvalue weighted by molar-refractivity contribution is 6.02. The third-order valence-corrected chi connectivity index (χ3v) is 5.59. The van der Waals surface area contributed by atoms with Crippen LogP contribution in [0.2, 0.25) is 0 Å². The molecule has 1 aromatic carbocycles. The monoisotopic (exact) mass is 517 g/mol. The van der Waals surface area contributed by atoms with Gasteiger partial charge in [-0.05, 0) is 25.5 Å². The Hall–Kier alpha value is -3.97. The predicted octanol–water partition coefficient (Wildman–Crippen LogP) is -1.24. The molecule has 13 nitrogen and oxygen atoms in total. The van der Waals surface area contributed by atoms with E-state index in [1.165, 1.54) is 0 Å². The molecule has 1 aliphatic rings. The summed E-state index contributed by atoms with van der Waals surface area (Å²) in [6, 6.07) is 4.93. The maximum absolute atomic E-state index is 12.9. The normalized spacial score (nSPS) is 13.5. The number of hydrogen-bond donors (Lipinski definition) is 6. The Bertz CT molecular complexity index is 984. The molecule has 37 heavy (non-hydrogen) atoms. The number of fused-ring (bicyclic) bond motifs is 1. The van der Waals surface area contributed by atoms with Crippen LogP contribution >= 0.6 is 0 Å². The number of imide groups is 1. The largest absolute Gasteiger partial charge is 0.399 e. The maximum atomic E-state index is 12.9. The van der Waals surface area contributed by atoms with Crippen molar-refractivity contribution >= 4 is 36.2 Å². The van der Waals surface area contributed by atoms with E-state index in [-0.39, 0.29) is 37.4 Å². The zero-order chi connectivity index (χ0) is 27.0. The Labute approximate surface area is 215 Å². The quantitative estimate of drug-likeness (QED) is 0.102. The summed E-state index contributed by atoms with van der Waals surface area (Å²) in [5.41, 5.74) is 7.96. The summed E-state index contributed by atoms with van der Waals surface area (Å²) in [7, 11) is 0. The highest BCUT2D eigenvalue weighted by Crippen LogP contribution is 2.31. The van der Waals surface area contributed by atoms with Gasteiger partial charge >= 0.3 is 0 Å². The van der Waals surface area contributed by atoms with Gasteiger partial charge in [0.15, 0.2) is 0 Å². The zero-order valence-corrected chi connectivity index (χ0v) is 20.9. The molecule has 202 valence electrons. The number of nitrogens with one attached hydrogen (secondary N) is 5. The molecule has 0 spiro atoms. The Balaban J connectivity index is 1.70. The van der Waals surface area contributed by atoms with Gasteiger partial charge < -0.3 is 36.6 Å². The van der Waals surface area contributed by atoms with Gasteiger partial charge in [0.1, 0.15) is 6.61 Å². The van der Waals surface area contributed by atoms with Crippen LogP contribution in [-0.4, -0.2) is 80.9 Å². The lowest BCUT2D eigenvalue weighted by molar-refractivity contribution is -0.125. The molecule has 1 aliphatic heterocycles. The molecule has 0 radical (unpaired) electrons. The number of nitrogens with zero attached hydrogens (tertiary/aromatic N) is 1. The molecule has 0 fully saturated rings. The molecule has 13 heteroatoms. The van der Waals surface area contributed by atoms with Gasteiger partial charge in [0, 0.05) is 67.4 Å². The van der Waals surface area contributed by atoms with Gasteiger partial charge in [-0.25, -0.2) is 0 Å². The molecule has 0 saturated heterocycles. The first-order chi connectivity index (χ1) is 17.9. The smallest absolute Gasteiger partial charge is 0.254 e. The Kier molecular flexibility index (Phi) is 12.6. The van der Waals surface area contributed by atoms with Gasteiger partial charge in [-0.2, -0.15) is 0 Å². The highest BCUT2D eigenvalue weighted by Gasteiger charge is 2.32. The lowest BCUT2D eigenvalue weighted by Gasteiger charge is -2.24. The van der Waals surface area contributed by atoms with Crippen LogP contribution in [0.25, 0.3) is 0 Å². The van der Waals surface area contributed by atoms with E-state index in [1.54, 1.807) is 29.3 Å². The minimum absolute atomic E-state index is 0.123. The maximum Gasteiger partial charge on any atom is 0.254 e. The minimum Gasteiger partial charge on any atom is -0.399 e. The number of carbonyl (C=O) groups excluding carboxylic acids is 5. The van der Waals surface area contributed by atoms with Crippen molar-refractivity contribution in [2.24, 2.45) is 5.73 Å². The topological polar surface area (TPSA) is 184 Å². The summed E-state index contributed by atoms with van der Waals surface area (Å²) in [6.07, 6.45) is 3.07. The molecule has 0 saturated carbocycles. The summed E-state index contributed by atoms with van der Waals surface area (Å²) < 4.78 is 5.42. The summed E-state index contributed by atoms with van der Waals surface area (Å²) in [6.45, 7) is 4.47. The summed E-state index contributed by atoms with van der Waals surface area (Å²) in [5.74, 6) is -0.889. The first kappa shape index (κ1) is 29.3. The van der Waals surface area contributed by atoms with Crippen LogP contribution in [-0.2, 0) is 30.5 Å². The van der Waals surface area contributed by atoms with Crippen molar-refractivity contribution in [2.45, 2.75) is 32.4 Å². The second kappa shape index (κ2) is 15.9. The predicted molar refractivity (Wildman–Crippen MR) is 136 cm³/mol. The Morgan fingerprint density at radius 3 is 2.70 bits per heavy atom. The lowest BCUT2D eigenvalue weighted by Crippen LogP contribution is -2.34. The van der Waals surface area contributed by atoms with Gasteiger partial charge in [0.2, 0.25) is 24.6 Å². The van der Waals surface area contributed by atoms with E-state index in [1.807, 2.05) is 6.92 Å². The van der Waals surface area contributed by atoms with Crippen LogP contribution in [0, 0.1) is 0 Å².